The summed E-state index contributed by atoms with van der Waals surface area (Å²) >= 11 is 0. The first-order valence-corrected chi connectivity index (χ1v) is 10.8. The molecule has 0 unspecified atom stereocenters. The number of hydrogen-bond donors (Lipinski definition) is 2. The van der Waals surface area contributed by atoms with Crippen molar-refractivity contribution in [1.82, 2.24) is 0 Å². The third-order valence-electron chi connectivity index (χ3n) is 6.57. The normalized spacial score (nSPS) is 21.5. The van der Waals surface area contributed by atoms with Crippen molar-refractivity contribution < 1.29 is 24.5 Å². The molecule has 2 aliphatic rings. The van der Waals surface area contributed by atoms with Crippen molar-refractivity contribution in [3.05, 3.63) is 59.7 Å². The number of carboxylic acid groups (broad SMARTS) is 1. The Labute approximate surface area is 176 Å². The second-order valence-electron chi connectivity index (χ2n) is 8.56. The molecule has 2 aromatic rings. The van der Waals surface area contributed by atoms with E-state index in [0.29, 0.717) is 19.3 Å². The highest BCUT2D eigenvalue weighted by Crippen LogP contribution is 2.44. The number of esters is 1. The molecule has 30 heavy (non-hydrogen) atoms. The minimum absolute atomic E-state index is 0.0236. The quantitative estimate of drug-likeness (QED) is 0.665. The Hall–Kier alpha value is -2.66. The van der Waals surface area contributed by atoms with E-state index in [1.54, 1.807) is 0 Å². The number of benzene rings is 2. The molecule has 4 rings (SSSR count). The molecule has 1 saturated carbocycles. The van der Waals surface area contributed by atoms with Crippen LogP contribution in [0.1, 0.15) is 55.6 Å². The van der Waals surface area contributed by atoms with E-state index in [1.807, 2.05) is 24.3 Å². The second kappa shape index (κ2) is 9.00. The first-order valence-electron chi connectivity index (χ1n) is 10.8. The lowest BCUT2D eigenvalue weighted by atomic mass is 9.81. The molecule has 0 bridgehead atoms. The zero-order chi connectivity index (χ0) is 21.1. The monoisotopic (exact) mass is 408 g/mol. The van der Waals surface area contributed by atoms with Gasteiger partial charge in [-0.05, 0) is 60.3 Å². The van der Waals surface area contributed by atoms with Gasteiger partial charge in [-0.2, -0.15) is 0 Å². The van der Waals surface area contributed by atoms with Gasteiger partial charge < -0.3 is 14.9 Å². The van der Waals surface area contributed by atoms with Crippen LogP contribution < -0.4 is 0 Å². The molecule has 0 amide bonds. The summed E-state index contributed by atoms with van der Waals surface area (Å²) in [4.78, 5) is 24.2. The number of carboxylic acids is 1. The summed E-state index contributed by atoms with van der Waals surface area (Å²) in [6, 6.07) is 16.3. The van der Waals surface area contributed by atoms with E-state index >= 15 is 0 Å². The molecular formula is C25H28O5. The van der Waals surface area contributed by atoms with Gasteiger partial charge in [0.2, 0.25) is 0 Å². The van der Waals surface area contributed by atoms with Crippen molar-refractivity contribution >= 4 is 11.9 Å². The van der Waals surface area contributed by atoms with Gasteiger partial charge in [-0.15, -0.1) is 0 Å². The number of rotatable bonds is 7. The minimum atomic E-state index is -0.949. The summed E-state index contributed by atoms with van der Waals surface area (Å²) < 4.78 is 5.58. The number of carbonyl (C=O) groups is 2. The summed E-state index contributed by atoms with van der Waals surface area (Å²) in [5.41, 5.74) is 4.61. The molecule has 1 atom stereocenters. The van der Waals surface area contributed by atoms with Crippen molar-refractivity contribution in [3.63, 3.8) is 0 Å². The summed E-state index contributed by atoms with van der Waals surface area (Å²) in [6.45, 7) is 0.217. The lowest BCUT2D eigenvalue weighted by Gasteiger charge is -2.27. The molecule has 1 fully saturated rings. The molecular weight excluding hydrogens is 380 g/mol. The molecule has 0 saturated heterocycles. The van der Waals surface area contributed by atoms with Gasteiger partial charge in [0.15, 0.2) is 0 Å². The Morgan fingerprint density at radius 3 is 2.07 bits per heavy atom. The highest BCUT2D eigenvalue weighted by atomic mass is 16.5. The van der Waals surface area contributed by atoms with Gasteiger partial charge in [0.25, 0.3) is 0 Å². The van der Waals surface area contributed by atoms with E-state index in [4.69, 9.17) is 4.74 Å². The van der Waals surface area contributed by atoms with E-state index in [0.717, 1.165) is 35.1 Å². The molecule has 2 N–H and O–H groups in total. The lowest BCUT2D eigenvalue weighted by Crippen LogP contribution is -2.26. The van der Waals surface area contributed by atoms with Crippen LogP contribution in [0.2, 0.25) is 0 Å². The van der Waals surface area contributed by atoms with Crippen molar-refractivity contribution in [2.75, 3.05) is 6.61 Å². The predicted molar refractivity (Wildman–Crippen MR) is 113 cm³/mol. The summed E-state index contributed by atoms with van der Waals surface area (Å²) in [5.74, 6) is -1.92. The van der Waals surface area contributed by atoms with Crippen LogP contribution in [0.5, 0.6) is 0 Å². The van der Waals surface area contributed by atoms with Crippen molar-refractivity contribution in [3.8, 4) is 11.1 Å². The molecule has 5 heteroatoms. The molecule has 0 radical (unpaired) electrons. The van der Waals surface area contributed by atoms with Crippen LogP contribution in [-0.2, 0) is 14.3 Å². The maximum absolute atomic E-state index is 12.5. The van der Waals surface area contributed by atoms with Crippen LogP contribution in [0, 0.1) is 11.8 Å². The maximum Gasteiger partial charge on any atom is 0.307 e. The fourth-order valence-corrected chi connectivity index (χ4v) is 4.93. The summed E-state index contributed by atoms with van der Waals surface area (Å²) in [6.07, 6.45) is 3.14. The molecule has 2 aliphatic carbocycles. The summed E-state index contributed by atoms with van der Waals surface area (Å²) in [7, 11) is 0. The Kier molecular flexibility index (Phi) is 6.18. The number of ether oxygens (including phenoxy) is 1. The number of aliphatic hydroxyl groups is 1. The molecule has 2 aromatic carbocycles. The third-order valence-corrected chi connectivity index (χ3v) is 6.57. The SMILES string of the molecule is O=C(C[C@H](CC1CCC(O)CC1)C(=O)O)OCC1c2ccccc2-c2ccccc21. The fourth-order valence-electron chi connectivity index (χ4n) is 4.93. The number of hydrogen-bond acceptors (Lipinski definition) is 4. The molecule has 158 valence electrons. The average Bonchev–Trinajstić information content (AvgIpc) is 3.07. The van der Waals surface area contributed by atoms with Crippen LogP contribution in [0.3, 0.4) is 0 Å². The van der Waals surface area contributed by atoms with Gasteiger partial charge in [-0.3, -0.25) is 9.59 Å². The minimum Gasteiger partial charge on any atom is -0.481 e. The molecule has 0 spiro atoms. The van der Waals surface area contributed by atoms with Crippen LogP contribution in [-0.4, -0.2) is 34.9 Å². The topological polar surface area (TPSA) is 83.8 Å². The first-order chi connectivity index (χ1) is 14.5. The molecule has 0 heterocycles. The fraction of sp³-hybridized carbons (Fsp3) is 0.440. The molecule has 0 aromatic heterocycles. The van der Waals surface area contributed by atoms with E-state index < -0.39 is 17.9 Å². The molecule has 0 aliphatic heterocycles. The first kappa shape index (κ1) is 20.6. The third kappa shape index (κ3) is 4.41. The predicted octanol–water partition coefficient (Wildman–Crippen LogP) is 4.37. The Morgan fingerprint density at radius 1 is 0.933 bits per heavy atom. The van der Waals surface area contributed by atoms with E-state index in [1.165, 1.54) is 0 Å². The van der Waals surface area contributed by atoms with Crippen molar-refractivity contribution in [2.24, 2.45) is 11.8 Å². The second-order valence-corrected chi connectivity index (χ2v) is 8.56. The number of aliphatic hydroxyl groups excluding tert-OH is 1. The van der Waals surface area contributed by atoms with Crippen molar-refractivity contribution in [1.29, 1.82) is 0 Å². The number of fused-ring (bicyclic) bond motifs is 3. The number of carbonyl (C=O) groups excluding carboxylic acids is 1. The van der Waals surface area contributed by atoms with Crippen LogP contribution >= 0.6 is 0 Å². The van der Waals surface area contributed by atoms with E-state index in [2.05, 4.69) is 24.3 Å². The van der Waals surface area contributed by atoms with Crippen molar-refractivity contribution in [2.45, 2.75) is 50.5 Å². The Balaban J connectivity index is 1.37. The standard InChI is InChI=1S/C25H28O5/c26-18-11-9-16(10-12-18)13-17(25(28)29)14-24(27)30-15-23-21-7-3-1-5-19(21)20-6-2-4-8-22(20)23/h1-8,16-18,23,26H,9-15H2,(H,28,29)/t16?,17-,18?/m0/s1. The number of aliphatic carboxylic acids is 1. The zero-order valence-corrected chi connectivity index (χ0v) is 17.0. The highest BCUT2D eigenvalue weighted by molar-refractivity contribution is 5.80. The van der Waals surface area contributed by atoms with E-state index in [-0.39, 0.29) is 31.0 Å². The van der Waals surface area contributed by atoms with Gasteiger partial charge in [-0.1, -0.05) is 48.5 Å². The Morgan fingerprint density at radius 2 is 1.50 bits per heavy atom. The van der Waals surface area contributed by atoms with Gasteiger partial charge in [0.05, 0.1) is 18.4 Å². The van der Waals surface area contributed by atoms with Gasteiger partial charge in [-0.25, -0.2) is 0 Å². The zero-order valence-electron chi connectivity index (χ0n) is 17.0. The lowest BCUT2D eigenvalue weighted by molar-refractivity contribution is -0.152. The highest BCUT2D eigenvalue weighted by Gasteiger charge is 2.31. The largest absolute Gasteiger partial charge is 0.481 e. The smallest absolute Gasteiger partial charge is 0.307 e. The van der Waals surface area contributed by atoms with E-state index in [9.17, 15) is 19.8 Å². The van der Waals surface area contributed by atoms with Gasteiger partial charge in [0, 0.05) is 5.92 Å². The molecule has 5 nitrogen and oxygen atoms in total. The maximum atomic E-state index is 12.5. The van der Waals surface area contributed by atoms with Crippen LogP contribution in [0.25, 0.3) is 11.1 Å². The summed E-state index contributed by atoms with van der Waals surface area (Å²) in [5, 5.41) is 19.2. The van der Waals surface area contributed by atoms with Crippen LogP contribution in [0.4, 0.5) is 0 Å². The van der Waals surface area contributed by atoms with Crippen LogP contribution in [0.15, 0.2) is 48.5 Å². The average molecular weight is 408 g/mol. The van der Waals surface area contributed by atoms with Gasteiger partial charge in [0.1, 0.15) is 6.61 Å². The Bertz CT molecular complexity index is 868. The van der Waals surface area contributed by atoms with Gasteiger partial charge >= 0.3 is 11.9 Å².